The van der Waals surface area contributed by atoms with E-state index in [9.17, 15) is 19.1 Å². The molecular formula is C21H30FN3O3. The third-order valence-electron chi connectivity index (χ3n) is 6.05. The van der Waals surface area contributed by atoms with Gasteiger partial charge >= 0.3 is 6.09 Å². The summed E-state index contributed by atoms with van der Waals surface area (Å²) in [6, 6.07) is 4.58. The van der Waals surface area contributed by atoms with E-state index in [1.165, 1.54) is 17.0 Å². The molecule has 28 heavy (non-hydrogen) atoms. The normalized spacial score (nSPS) is 23.9. The van der Waals surface area contributed by atoms with Crippen molar-refractivity contribution in [2.24, 2.45) is 5.92 Å². The minimum absolute atomic E-state index is 0.0104. The van der Waals surface area contributed by atoms with Gasteiger partial charge in [0.05, 0.1) is 6.04 Å². The quantitative estimate of drug-likeness (QED) is 0.860. The number of carbonyl (C=O) groups is 2. The lowest BCUT2D eigenvalue weighted by molar-refractivity contribution is -0.136. The lowest BCUT2D eigenvalue weighted by atomic mass is 9.88. The van der Waals surface area contributed by atoms with Crippen LogP contribution in [0.4, 0.5) is 9.18 Å². The molecule has 7 heteroatoms. The number of nitrogens with zero attached hydrogens (tertiary/aromatic N) is 3. The van der Waals surface area contributed by atoms with Gasteiger partial charge in [0.2, 0.25) is 5.91 Å². The van der Waals surface area contributed by atoms with Gasteiger partial charge in [-0.25, -0.2) is 9.18 Å². The zero-order valence-corrected chi connectivity index (χ0v) is 16.9. The number of halogens is 1. The average molecular weight is 391 g/mol. The Morgan fingerprint density at radius 1 is 1.14 bits per heavy atom. The zero-order chi connectivity index (χ0) is 20.4. The molecule has 0 aromatic heterocycles. The average Bonchev–Trinajstić information content (AvgIpc) is 2.67. The molecule has 0 spiro atoms. The minimum Gasteiger partial charge on any atom is -0.465 e. The molecule has 2 amide bonds. The topological polar surface area (TPSA) is 64.1 Å². The molecule has 0 aliphatic carbocycles. The molecule has 2 aliphatic rings. The summed E-state index contributed by atoms with van der Waals surface area (Å²) in [7, 11) is 0. The summed E-state index contributed by atoms with van der Waals surface area (Å²) < 4.78 is 13.5. The number of carboxylic acid groups (broad SMARTS) is 1. The van der Waals surface area contributed by atoms with E-state index in [-0.39, 0.29) is 29.7 Å². The summed E-state index contributed by atoms with van der Waals surface area (Å²) >= 11 is 0. The molecule has 2 aliphatic heterocycles. The minimum atomic E-state index is -0.931. The molecule has 6 nitrogen and oxygen atoms in total. The van der Waals surface area contributed by atoms with Crippen LogP contribution in [0.5, 0.6) is 0 Å². The fraction of sp³-hybridized carbons (Fsp3) is 0.619. The molecule has 1 aromatic carbocycles. The molecule has 154 valence electrons. The van der Waals surface area contributed by atoms with E-state index in [1.807, 2.05) is 25.7 Å². The third-order valence-corrected chi connectivity index (χ3v) is 6.05. The Bertz CT molecular complexity index is 732. The van der Waals surface area contributed by atoms with Crippen LogP contribution in [0, 0.1) is 18.7 Å². The number of aryl methyl sites for hydroxylation is 1. The maximum absolute atomic E-state index is 13.5. The molecule has 0 bridgehead atoms. The molecule has 2 unspecified atom stereocenters. The van der Waals surface area contributed by atoms with Crippen LogP contribution in [-0.4, -0.2) is 70.6 Å². The van der Waals surface area contributed by atoms with Gasteiger partial charge in [-0.3, -0.25) is 9.69 Å². The first kappa shape index (κ1) is 20.6. The summed E-state index contributed by atoms with van der Waals surface area (Å²) in [5.74, 6) is -0.0993. The van der Waals surface area contributed by atoms with E-state index in [4.69, 9.17) is 0 Å². The van der Waals surface area contributed by atoms with Crippen LogP contribution in [-0.2, 0) is 4.79 Å². The van der Waals surface area contributed by atoms with E-state index in [0.717, 1.165) is 43.7 Å². The van der Waals surface area contributed by atoms with Crippen LogP contribution in [0.3, 0.4) is 0 Å². The Morgan fingerprint density at radius 2 is 1.82 bits per heavy atom. The van der Waals surface area contributed by atoms with Gasteiger partial charge in [0, 0.05) is 44.7 Å². The lowest BCUT2D eigenvalue weighted by Gasteiger charge is -2.45. The molecule has 3 rings (SSSR count). The Hall–Kier alpha value is -2.15. The van der Waals surface area contributed by atoms with Gasteiger partial charge in [-0.15, -0.1) is 0 Å². The molecule has 2 saturated heterocycles. The molecular weight excluding hydrogens is 361 g/mol. The second-order valence-electron chi connectivity index (χ2n) is 8.19. The fourth-order valence-electron chi connectivity index (χ4n) is 4.49. The highest BCUT2D eigenvalue weighted by Crippen LogP contribution is 2.35. The predicted molar refractivity (Wildman–Crippen MR) is 105 cm³/mol. The summed E-state index contributed by atoms with van der Waals surface area (Å²) in [6.45, 7) is 9.20. The lowest BCUT2D eigenvalue weighted by Crippen LogP contribution is -2.55. The first-order valence-corrected chi connectivity index (χ1v) is 10.1. The number of rotatable bonds is 3. The van der Waals surface area contributed by atoms with Gasteiger partial charge < -0.3 is 14.9 Å². The molecule has 0 saturated carbocycles. The summed E-state index contributed by atoms with van der Waals surface area (Å²) in [5.41, 5.74) is 1.66. The summed E-state index contributed by atoms with van der Waals surface area (Å²) in [4.78, 5) is 29.8. The monoisotopic (exact) mass is 391 g/mol. The molecule has 1 aromatic rings. The van der Waals surface area contributed by atoms with Gasteiger partial charge in [-0.1, -0.05) is 19.9 Å². The van der Waals surface area contributed by atoms with Crippen LogP contribution in [0.25, 0.3) is 0 Å². The highest BCUT2D eigenvalue weighted by atomic mass is 19.1. The molecule has 2 atom stereocenters. The van der Waals surface area contributed by atoms with Crippen molar-refractivity contribution < 1.29 is 19.1 Å². The van der Waals surface area contributed by atoms with E-state index in [1.54, 1.807) is 6.07 Å². The van der Waals surface area contributed by atoms with E-state index in [2.05, 4.69) is 4.90 Å². The Morgan fingerprint density at radius 3 is 2.39 bits per heavy atom. The van der Waals surface area contributed by atoms with Crippen molar-refractivity contribution in [1.82, 2.24) is 14.7 Å². The Balaban J connectivity index is 1.71. The van der Waals surface area contributed by atoms with Crippen molar-refractivity contribution in [3.8, 4) is 0 Å². The number of piperazine rings is 1. The van der Waals surface area contributed by atoms with Crippen molar-refractivity contribution in [3.05, 3.63) is 35.1 Å². The number of likely N-dealkylation sites (tertiary alicyclic amines) is 1. The van der Waals surface area contributed by atoms with Crippen molar-refractivity contribution in [2.75, 3.05) is 32.7 Å². The Labute approximate surface area is 165 Å². The number of hydrogen-bond donors (Lipinski definition) is 1. The third kappa shape index (κ3) is 4.29. The van der Waals surface area contributed by atoms with Crippen molar-refractivity contribution in [1.29, 1.82) is 0 Å². The van der Waals surface area contributed by atoms with E-state index >= 15 is 0 Å². The van der Waals surface area contributed by atoms with E-state index in [0.29, 0.717) is 13.0 Å². The molecule has 2 heterocycles. The van der Waals surface area contributed by atoms with Gasteiger partial charge in [-0.2, -0.15) is 0 Å². The van der Waals surface area contributed by atoms with Crippen molar-refractivity contribution in [2.45, 2.75) is 45.7 Å². The SMILES string of the molecule is Cc1cc(F)ccc1C1CC(N2CCN(C(=O)C(C)C)CC2)CCN1C(=O)O. The smallest absolute Gasteiger partial charge is 0.407 e. The second kappa shape index (κ2) is 8.47. The van der Waals surface area contributed by atoms with Gasteiger partial charge in [-0.05, 0) is 43.0 Å². The van der Waals surface area contributed by atoms with Gasteiger partial charge in [0.1, 0.15) is 5.82 Å². The number of hydrogen-bond acceptors (Lipinski definition) is 3. The predicted octanol–water partition coefficient (Wildman–Crippen LogP) is 3.12. The highest BCUT2D eigenvalue weighted by molar-refractivity contribution is 5.78. The van der Waals surface area contributed by atoms with Crippen molar-refractivity contribution >= 4 is 12.0 Å². The second-order valence-corrected chi connectivity index (χ2v) is 8.19. The van der Waals surface area contributed by atoms with E-state index < -0.39 is 6.09 Å². The fourth-order valence-corrected chi connectivity index (χ4v) is 4.49. The van der Waals surface area contributed by atoms with Crippen molar-refractivity contribution in [3.63, 3.8) is 0 Å². The van der Waals surface area contributed by atoms with Gasteiger partial charge in [0.25, 0.3) is 0 Å². The number of amides is 2. The van der Waals surface area contributed by atoms with Crippen LogP contribution < -0.4 is 0 Å². The van der Waals surface area contributed by atoms with Crippen LogP contribution >= 0.6 is 0 Å². The van der Waals surface area contributed by atoms with Gasteiger partial charge in [0.15, 0.2) is 0 Å². The van der Waals surface area contributed by atoms with Crippen LogP contribution in [0.15, 0.2) is 18.2 Å². The zero-order valence-electron chi connectivity index (χ0n) is 16.9. The maximum atomic E-state index is 13.5. The number of benzene rings is 1. The first-order valence-electron chi connectivity index (χ1n) is 10.1. The van der Waals surface area contributed by atoms with Crippen LogP contribution in [0.2, 0.25) is 0 Å². The highest BCUT2D eigenvalue weighted by Gasteiger charge is 2.37. The number of piperidine rings is 1. The standard InChI is InChI=1S/C21H30FN3O3/c1-14(2)20(26)24-10-8-23(9-11-24)17-6-7-25(21(27)28)19(13-17)18-5-4-16(22)12-15(18)3/h4-5,12,14,17,19H,6-11,13H2,1-3H3,(H,27,28). The Kier molecular flexibility index (Phi) is 6.23. The summed E-state index contributed by atoms with van der Waals surface area (Å²) in [6.07, 6.45) is 0.539. The van der Waals surface area contributed by atoms with Crippen LogP contribution in [0.1, 0.15) is 43.9 Å². The maximum Gasteiger partial charge on any atom is 0.407 e. The molecule has 2 fully saturated rings. The summed E-state index contributed by atoms with van der Waals surface area (Å²) in [5, 5.41) is 9.65. The largest absolute Gasteiger partial charge is 0.465 e. The first-order chi connectivity index (χ1) is 13.3. The number of carbonyl (C=O) groups excluding carboxylic acids is 1. The molecule has 1 N–H and O–H groups in total. The molecule has 0 radical (unpaired) electrons.